The van der Waals surface area contributed by atoms with E-state index >= 15 is 0 Å². The highest BCUT2D eigenvalue weighted by Crippen LogP contribution is 2.34. The molecule has 5 rings (SSSR count). The topological polar surface area (TPSA) is 83.8 Å². The Morgan fingerprint density at radius 2 is 1.74 bits per heavy atom. The fourth-order valence-corrected chi connectivity index (χ4v) is 4.22. The lowest BCUT2D eigenvalue weighted by Crippen LogP contribution is -2.40. The van der Waals surface area contributed by atoms with Crippen molar-refractivity contribution in [3.05, 3.63) is 66.4 Å². The maximum atomic E-state index is 9.18. The normalized spacial score (nSPS) is 14.7. The van der Waals surface area contributed by atoms with E-state index in [9.17, 15) is 5.26 Å². The van der Waals surface area contributed by atoms with Crippen molar-refractivity contribution in [3.63, 3.8) is 0 Å². The molecule has 0 amide bonds. The molecule has 0 unspecified atom stereocenters. The minimum atomic E-state index is 0.276. The van der Waals surface area contributed by atoms with Crippen LogP contribution in [0.5, 0.6) is 0 Å². The molecular formula is C25H24N6. The first-order valence-corrected chi connectivity index (χ1v) is 10.6. The molecule has 0 radical (unpaired) electrons. The van der Waals surface area contributed by atoms with Crippen molar-refractivity contribution < 1.29 is 0 Å². The lowest BCUT2D eigenvalue weighted by molar-refractivity contribution is 0.499. The number of rotatable bonds is 3. The average Bonchev–Trinajstić information content (AvgIpc) is 3.18. The number of hydrogen-bond donors (Lipinski definition) is 1. The Labute approximate surface area is 181 Å². The van der Waals surface area contributed by atoms with E-state index in [2.05, 4.69) is 46.4 Å². The molecule has 1 aliphatic rings. The van der Waals surface area contributed by atoms with Gasteiger partial charge in [-0.3, -0.25) is 4.68 Å². The highest BCUT2D eigenvalue weighted by Gasteiger charge is 2.19. The summed E-state index contributed by atoms with van der Waals surface area (Å²) < 4.78 is 1.83. The largest absolute Gasteiger partial charge is 0.356 e. The lowest BCUT2D eigenvalue weighted by atomic mass is 9.97. The monoisotopic (exact) mass is 408 g/mol. The van der Waals surface area contributed by atoms with E-state index in [1.54, 1.807) is 0 Å². The van der Waals surface area contributed by atoms with Crippen LogP contribution in [0.25, 0.3) is 33.3 Å². The van der Waals surface area contributed by atoms with Gasteiger partial charge in [-0.25, -0.2) is 4.98 Å². The molecule has 3 heterocycles. The highest BCUT2D eigenvalue weighted by molar-refractivity contribution is 5.88. The van der Waals surface area contributed by atoms with Crippen LogP contribution >= 0.6 is 0 Å². The highest BCUT2D eigenvalue weighted by atomic mass is 15.2. The van der Waals surface area contributed by atoms with E-state index < -0.39 is 0 Å². The van der Waals surface area contributed by atoms with Crippen LogP contribution in [-0.2, 0) is 7.05 Å². The molecule has 1 aliphatic heterocycles. The molecule has 0 spiro atoms. The first kappa shape index (κ1) is 19.3. The zero-order chi connectivity index (χ0) is 21.4. The molecule has 6 nitrogen and oxygen atoms in total. The van der Waals surface area contributed by atoms with Crippen molar-refractivity contribution >= 4 is 16.7 Å². The van der Waals surface area contributed by atoms with Gasteiger partial charge >= 0.3 is 0 Å². The smallest absolute Gasteiger partial charge is 0.129 e. The van der Waals surface area contributed by atoms with Crippen LogP contribution in [-0.4, -0.2) is 33.9 Å². The second-order valence-electron chi connectivity index (χ2n) is 8.16. The van der Waals surface area contributed by atoms with E-state index in [1.165, 1.54) is 0 Å². The Balaban J connectivity index is 1.62. The standard InChI is InChI=1S/C25H24N6/c1-30-16-20-7-6-19(14-23(20)29-30)22-8-9-24(31-12-10-21(27)11-13-31)28-25(22)18-4-2-17(15-26)3-5-18/h2-9,14,16,21H,10-13,27H2,1H3. The second-order valence-corrected chi connectivity index (χ2v) is 8.16. The number of fused-ring (bicyclic) bond motifs is 1. The summed E-state index contributed by atoms with van der Waals surface area (Å²) in [6.45, 7) is 1.83. The molecule has 1 fully saturated rings. The average molecular weight is 409 g/mol. The zero-order valence-electron chi connectivity index (χ0n) is 17.5. The van der Waals surface area contributed by atoms with Gasteiger partial charge in [0.1, 0.15) is 5.82 Å². The number of piperidine rings is 1. The SMILES string of the molecule is Cn1cc2ccc(-c3ccc(N4CCC(N)CC4)nc3-c3ccc(C#N)cc3)cc2n1. The van der Waals surface area contributed by atoms with Gasteiger partial charge in [-0.15, -0.1) is 0 Å². The van der Waals surface area contributed by atoms with Crippen molar-refractivity contribution in [2.24, 2.45) is 12.8 Å². The molecule has 0 atom stereocenters. The molecule has 2 aromatic heterocycles. The molecule has 6 heteroatoms. The number of pyridine rings is 1. The number of hydrogen-bond acceptors (Lipinski definition) is 5. The van der Waals surface area contributed by atoms with Gasteiger partial charge in [-0.1, -0.05) is 24.3 Å². The minimum Gasteiger partial charge on any atom is -0.356 e. The first-order chi connectivity index (χ1) is 15.1. The quantitative estimate of drug-likeness (QED) is 0.552. The summed E-state index contributed by atoms with van der Waals surface area (Å²) in [5.74, 6) is 0.967. The Morgan fingerprint density at radius 3 is 2.48 bits per heavy atom. The molecule has 2 aromatic carbocycles. The molecule has 0 bridgehead atoms. The van der Waals surface area contributed by atoms with Gasteiger partial charge in [0.2, 0.25) is 0 Å². The Morgan fingerprint density at radius 1 is 1.00 bits per heavy atom. The van der Waals surface area contributed by atoms with E-state index in [4.69, 9.17) is 10.7 Å². The Kier molecular flexibility index (Phi) is 4.89. The van der Waals surface area contributed by atoms with Crippen LogP contribution in [0.4, 0.5) is 5.82 Å². The van der Waals surface area contributed by atoms with Crippen LogP contribution < -0.4 is 10.6 Å². The molecule has 31 heavy (non-hydrogen) atoms. The summed E-state index contributed by atoms with van der Waals surface area (Å²) in [5.41, 5.74) is 11.7. The van der Waals surface area contributed by atoms with Gasteiger partial charge < -0.3 is 10.6 Å². The summed E-state index contributed by atoms with van der Waals surface area (Å²) in [7, 11) is 1.93. The summed E-state index contributed by atoms with van der Waals surface area (Å²) in [6, 6.07) is 20.7. The van der Waals surface area contributed by atoms with Crippen LogP contribution in [0.15, 0.2) is 60.8 Å². The second kappa shape index (κ2) is 7.86. The number of nitrogens with two attached hydrogens (primary N) is 1. The van der Waals surface area contributed by atoms with Crippen LogP contribution in [0.3, 0.4) is 0 Å². The van der Waals surface area contributed by atoms with Crippen LogP contribution in [0, 0.1) is 11.3 Å². The van der Waals surface area contributed by atoms with Gasteiger partial charge in [0.15, 0.2) is 0 Å². The van der Waals surface area contributed by atoms with Gasteiger partial charge in [0, 0.05) is 48.9 Å². The molecule has 2 N–H and O–H groups in total. The fourth-order valence-electron chi connectivity index (χ4n) is 4.22. The molecule has 1 saturated heterocycles. The third-order valence-electron chi connectivity index (χ3n) is 5.96. The summed E-state index contributed by atoms with van der Waals surface area (Å²) in [6.07, 6.45) is 3.97. The maximum absolute atomic E-state index is 9.18. The van der Waals surface area contributed by atoms with Gasteiger partial charge in [-0.2, -0.15) is 10.4 Å². The van der Waals surface area contributed by atoms with E-state index in [-0.39, 0.29) is 6.04 Å². The number of aryl methyl sites for hydroxylation is 1. The summed E-state index contributed by atoms with van der Waals surface area (Å²) in [5, 5.41) is 14.9. The maximum Gasteiger partial charge on any atom is 0.129 e. The van der Waals surface area contributed by atoms with Crippen molar-refractivity contribution in [2.45, 2.75) is 18.9 Å². The third kappa shape index (κ3) is 3.76. The summed E-state index contributed by atoms with van der Waals surface area (Å²) in [4.78, 5) is 7.39. The third-order valence-corrected chi connectivity index (χ3v) is 5.96. The number of benzene rings is 2. The molecule has 0 aliphatic carbocycles. The first-order valence-electron chi connectivity index (χ1n) is 10.6. The van der Waals surface area contributed by atoms with E-state index in [0.29, 0.717) is 5.56 Å². The van der Waals surface area contributed by atoms with Crippen molar-refractivity contribution in [3.8, 4) is 28.5 Å². The number of aromatic nitrogens is 3. The molecule has 0 saturated carbocycles. The Bertz CT molecular complexity index is 1270. The van der Waals surface area contributed by atoms with E-state index in [0.717, 1.165) is 65.0 Å². The zero-order valence-corrected chi connectivity index (χ0v) is 17.5. The summed E-state index contributed by atoms with van der Waals surface area (Å²) >= 11 is 0. The lowest BCUT2D eigenvalue weighted by Gasteiger charge is -2.31. The number of nitriles is 1. The van der Waals surface area contributed by atoms with Gasteiger partial charge in [0.05, 0.1) is 22.8 Å². The van der Waals surface area contributed by atoms with Crippen LogP contribution in [0.2, 0.25) is 0 Å². The Hall–Kier alpha value is -3.69. The van der Waals surface area contributed by atoms with Gasteiger partial charge in [0.25, 0.3) is 0 Å². The van der Waals surface area contributed by atoms with Crippen molar-refractivity contribution in [2.75, 3.05) is 18.0 Å². The molecule has 154 valence electrons. The predicted molar refractivity (Wildman–Crippen MR) is 124 cm³/mol. The molecular weight excluding hydrogens is 384 g/mol. The molecule has 4 aromatic rings. The predicted octanol–water partition coefficient (Wildman–Crippen LogP) is 4.10. The number of nitrogens with zero attached hydrogens (tertiary/aromatic N) is 5. The van der Waals surface area contributed by atoms with Crippen molar-refractivity contribution in [1.29, 1.82) is 5.26 Å². The van der Waals surface area contributed by atoms with Crippen molar-refractivity contribution in [1.82, 2.24) is 14.8 Å². The number of anilines is 1. The van der Waals surface area contributed by atoms with Gasteiger partial charge in [-0.05, 0) is 48.7 Å². The van der Waals surface area contributed by atoms with E-state index in [1.807, 2.05) is 42.2 Å². The minimum absolute atomic E-state index is 0.276. The van der Waals surface area contributed by atoms with Crippen LogP contribution in [0.1, 0.15) is 18.4 Å². The fraction of sp³-hybridized carbons (Fsp3) is 0.240.